The molecular weight excluding hydrogens is 224 g/mol. The average molecular weight is 226 g/mol. The van der Waals surface area contributed by atoms with E-state index in [9.17, 15) is 35.1 Å². The monoisotopic (exact) mass is 226 g/mol. The Labute approximate surface area is 71.9 Å². The fraction of sp³-hybridized carbons (Fsp3) is 1.00. The minimum absolute atomic E-state index is 3.24. The maximum Gasteiger partial charge on any atom is 0.320 e. The highest BCUT2D eigenvalue weighted by molar-refractivity contribution is 5.29. The first-order valence-electron chi connectivity index (χ1n) is 3.50. The van der Waals surface area contributed by atoms with Crippen molar-refractivity contribution in [2.45, 2.75) is 23.7 Å². The van der Waals surface area contributed by atoms with E-state index in [4.69, 9.17) is 0 Å². The Balaban J connectivity index is 2.40. The summed E-state index contributed by atoms with van der Waals surface area (Å²) in [4.78, 5) is 0. The summed E-state index contributed by atoms with van der Waals surface area (Å²) in [5.41, 5.74) is 0. The van der Waals surface area contributed by atoms with Gasteiger partial charge in [-0.2, -0.15) is 35.1 Å². The first kappa shape index (κ1) is 9.97. The maximum absolute atomic E-state index is 12.3. The van der Waals surface area contributed by atoms with Crippen molar-refractivity contribution in [3.63, 3.8) is 0 Å². The van der Waals surface area contributed by atoms with Gasteiger partial charge >= 0.3 is 23.7 Å². The summed E-state index contributed by atoms with van der Waals surface area (Å²) in [6, 6.07) is 0. The predicted molar refractivity (Wildman–Crippen MR) is 26.8 cm³/mol. The summed E-state index contributed by atoms with van der Waals surface area (Å²) in [5, 5.41) is 0. The molecule has 0 atom stereocenters. The van der Waals surface area contributed by atoms with Gasteiger partial charge in [-0.25, -0.2) is 0 Å². The molecule has 82 valence electrons. The topological polar surface area (TPSA) is 0 Å². The van der Waals surface area contributed by atoms with Crippen LogP contribution in [0.5, 0.6) is 0 Å². The molecule has 0 spiro atoms. The number of hydrogen-bond acceptors (Lipinski definition) is 0. The van der Waals surface area contributed by atoms with Gasteiger partial charge in [-0.05, 0) is 0 Å². The molecule has 2 aliphatic carbocycles. The fourth-order valence-electron chi connectivity index (χ4n) is 1.93. The van der Waals surface area contributed by atoms with Crippen LogP contribution >= 0.6 is 0 Å². The molecule has 0 aliphatic heterocycles. The van der Waals surface area contributed by atoms with Crippen LogP contribution in [0.25, 0.3) is 0 Å². The van der Waals surface area contributed by atoms with Crippen LogP contribution in [0.15, 0.2) is 0 Å². The molecule has 0 nitrogen and oxygen atoms in total. The standard InChI is InChI=1S/C6H2F8/c7-3(8)1-2(5(3,11)12)6(13,14)4(1,9)10/h1-2H. The smallest absolute Gasteiger partial charge is 0.199 e. The first-order valence-corrected chi connectivity index (χ1v) is 3.50. The Morgan fingerprint density at radius 1 is 0.429 bits per heavy atom. The second-order valence-electron chi connectivity index (χ2n) is 3.45. The van der Waals surface area contributed by atoms with Crippen molar-refractivity contribution in [1.29, 1.82) is 0 Å². The summed E-state index contributed by atoms with van der Waals surface area (Å²) in [5.74, 6) is -26.6. The molecule has 2 fully saturated rings. The largest absolute Gasteiger partial charge is 0.320 e. The highest BCUT2D eigenvalue weighted by Crippen LogP contribution is 2.78. The van der Waals surface area contributed by atoms with Crippen LogP contribution in [0.1, 0.15) is 0 Å². The molecular formula is C6H2F8. The molecule has 0 aromatic carbocycles. The van der Waals surface area contributed by atoms with E-state index in [0.29, 0.717) is 0 Å². The number of fused-ring (bicyclic) bond motifs is 1. The molecule has 14 heavy (non-hydrogen) atoms. The normalized spacial score (nSPS) is 44.6. The zero-order chi connectivity index (χ0) is 11.2. The third kappa shape index (κ3) is 0.604. The minimum Gasteiger partial charge on any atom is -0.199 e. The van der Waals surface area contributed by atoms with Crippen molar-refractivity contribution in [3.8, 4) is 0 Å². The van der Waals surface area contributed by atoms with Crippen molar-refractivity contribution in [2.24, 2.45) is 11.8 Å². The zero-order valence-corrected chi connectivity index (χ0v) is 6.18. The van der Waals surface area contributed by atoms with E-state index < -0.39 is 35.5 Å². The molecule has 0 saturated heterocycles. The second-order valence-corrected chi connectivity index (χ2v) is 3.45. The van der Waals surface area contributed by atoms with Crippen molar-refractivity contribution in [2.75, 3.05) is 0 Å². The van der Waals surface area contributed by atoms with E-state index >= 15 is 0 Å². The molecule has 2 rings (SSSR count). The van der Waals surface area contributed by atoms with Gasteiger partial charge in [0.25, 0.3) is 0 Å². The third-order valence-electron chi connectivity index (χ3n) is 2.78. The van der Waals surface area contributed by atoms with Crippen LogP contribution < -0.4 is 0 Å². The van der Waals surface area contributed by atoms with Crippen LogP contribution in [0.2, 0.25) is 0 Å². The van der Waals surface area contributed by atoms with Gasteiger partial charge in [0.1, 0.15) is 11.8 Å². The average Bonchev–Trinajstić information content (AvgIpc) is 1.97. The summed E-state index contributed by atoms with van der Waals surface area (Å²) in [7, 11) is 0. The Hall–Kier alpha value is -0.560. The van der Waals surface area contributed by atoms with E-state index in [-0.39, 0.29) is 0 Å². The quantitative estimate of drug-likeness (QED) is 0.557. The van der Waals surface area contributed by atoms with E-state index in [0.717, 1.165) is 0 Å². The zero-order valence-electron chi connectivity index (χ0n) is 6.18. The van der Waals surface area contributed by atoms with Gasteiger partial charge in [-0.15, -0.1) is 0 Å². The summed E-state index contributed by atoms with van der Waals surface area (Å²) in [6.07, 6.45) is 0. The fourth-order valence-corrected chi connectivity index (χ4v) is 1.93. The summed E-state index contributed by atoms with van der Waals surface area (Å²) in [6.45, 7) is 0. The molecule has 2 saturated carbocycles. The van der Waals surface area contributed by atoms with Gasteiger partial charge in [-0.1, -0.05) is 0 Å². The van der Waals surface area contributed by atoms with Crippen LogP contribution in [0.4, 0.5) is 35.1 Å². The highest BCUT2D eigenvalue weighted by Gasteiger charge is 3.01. The number of halogens is 8. The lowest BCUT2D eigenvalue weighted by molar-refractivity contribution is -0.519. The van der Waals surface area contributed by atoms with Crippen molar-refractivity contribution < 1.29 is 35.1 Å². The van der Waals surface area contributed by atoms with Gasteiger partial charge in [0.05, 0.1) is 0 Å². The first-order chi connectivity index (χ1) is 5.99. The number of hydrogen-bond donors (Lipinski definition) is 0. The Kier molecular flexibility index (Phi) is 1.34. The number of alkyl halides is 8. The van der Waals surface area contributed by atoms with Crippen molar-refractivity contribution in [3.05, 3.63) is 0 Å². The van der Waals surface area contributed by atoms with Gasteiger partial charge in [-0.3, -0.25) is 0 Å². The molecule has 0 unspecified atom stereocenters. The lowest BCUT2D eigenvalue weighted by Crippen LogP contribution is -2.88. The van der Waals surface area contributed by atoms with Crippen molar-refractivity contribution >= 4 is 0 Å². The van der Waals surface area contributed by atoms with Crippen molar-refractivity contribution in [1.82, 2.24) is 0 Å². The molecule has 8 heteroatoms. The van der Waals surface area contributed by atoms with E-state index in [1.165, 1.54) is 0 Å². The van der Waals surface area contributed by atoms with Gasteiger partial charge in [0.15, 0.2) is 0 Å². The lowest BCUT2D eigenvalue weighted by atomic mass is 9.49. The van der Waals surface area contributed by atoms with Crippen LogP contribution in [0, 0.1) is 11.8 Å². The Morgan fingerprint density at radius 3 is 0.714 bits per heavy atom. The maximum atomic E-state index is 12.3. The van der Waals surface area contributed by atoms with E-state index in [1.807, 2.05) is 0 Å². The molecule has 0 bridgehead atoms. The summed E-state index contributed by atoms with van der Waals surface area (Å²) < 4.78 is 98.3. The lowest BCUT2D eigenvalue weighted by Gasteiger charge is -2.64. The molecule has 0 amide bonds. The number of rotatable bonds is 0. The summed E-state index contributed by atoms with van der Waals surface area (Å²) >= 11 is 0. The third-order valence-corrected chi connectivity index (χ3v) is 2.78. The Morgan fingerprint density at radius 2 is 0.571 bits per heavy atom. The van der Waals surface area contributed by atoms with Crippen LogP contribution in [-0.4, -0.2) is 23.7 Å². The highest BCUT2D eigenvalue weighted by atomic mass is 19.3. The van der Waals surface area contributed by atoms with Gasteiger partial charge in [0, 0.05) is 0 Å². The Bertz CT molecular complexity index is 234. The van der Waals surface area contributed by atoms with Crippen LogP contribution in [0.3, 0.4) is 0 Å². The van der Waals surface area contributed by atoms with Gasteiger partial charge in [0.2, 0.25) is 0 Å². The van der Waals surface area contributed by atoms with Crippen LogP contribution in [-0.2, 0) is 0 Å². The molecule has 0 aromatic rings. The van der Waals surface area contributed by atoms with E-state index in [2.05, 4.69) is 0 Å². The molecule has 0 aromatic heterocycles. The molecule has 0 heterocycles. The minimum atomic E-state index is -5.04. The second kappa shape index (κ2) is 1.88. The molecule has 2 aliphatic rings. The SMILES string of the molecule is FC1(F)C2C(C1(F)F)C(F)(F)C2(F)F. The predicted octanol–water partition coefficient (Wildman–Crippen LogP) is 2.79. The van der Waals surface area contributed by atoms with E-state index in [1.54, 1.807) is 0 Å². The molecule has 0 radical (unpaired) electrons. The molecule has 0 N–H and O–H groups in total. The van der Waals surface area contributed by atoms with Gasteiger partial charge < -0.3 is 0 Å².